The van der Waals surface area contributed by atoms with E-state index < -0.39 is 0 Å². The molecule has 0 fully saturated rings. The maximum atomic E-state index is 13.1. The fourth-order valence-electron chi connectivity index (χ4n) is 3.56. The van der Waals surface area contributed by atoms with Gasteiger partial charge in [0.1, 0.15) is 5.69 Å². The third kappa shape index (κ3) is 3.60. The molecule has 2 heterocycles. The first kappa shape index (κ1) is 18.2. The summed E-state index contributed by atoms with van der Waals surface area (Å²) in [5.74, 6) is 0.509. The minimum Gasteiger partial charge on any atom is -0.334 e. The summed E-state index contributed by atoms with van der Waals surface area (Å²) in [7, 11) is 0. The Labute approximate surface area is 165 Å². The largest absolute Gasteiger partial charge is 0.334 e. The number of fused-ring (bicyclic) bond motifs is 1. The molecule has 1 amide bonds. The Morgan fingerprint density at radius 3 is 2.61 bits per heavy atom. The van der Waals surface area contributed by atoms with E-state index >= 15 is 0 Å². The van der Waals surface area contributed by atoms with Crippen molar-refractivity contribution in [3.8, 4) is 0 Å². The lowest BCUT2D eigenvalue weighted by atomic mass is 10.2. The molecule has 0 spiro atoms. The molecule has 4 rings (SSSR count). The van der Waals surface area contributed by atoms with Gasteiger partial charge in [-0.1, -0.05) is 48.5 Å². The lowest BCUT2D eigenvalue weighted by Gasteiger charge is -2.27. The van der Waals surface area contributed by atoms with E-state index in [-0.39, 0.29) is 11.9 Å². The lowest BCUT2D eigenvalue weighted by molar-refractivity contribution is 0.0984. The van der Waals surface area contributed by atoms with Crippen LogP contribution >= 0.6 is 0 Å². The number of carbonyl (C=O) groups is 1. The first-order valence-corrected chi connectivity index (χ1v) is 9.67. The molecule has 2 aromatic carbocycles. The molecule has 142 valence electrons. The van der Waals surface area contributed by atoms with Gasteiger partial charge in [0.25, 0.3) is 5.91 Å². The monoisotopic (exact) mass is 372 g/mol. The highest BCUT2D eigenvalue weighted by atomic mass is 16.2. The molecule has 5 heteroatoms. The second kappa shape index (κ2) is 7.80. The normalized spacial score (nSPS) is 12.9. The Kier molecular flexibility index (Phi) is 5.06. The standard InChI is InChI=1S/C23H24N4O/c1-17(2)27(16-18-8-4-3-5-9-18)23-24-14-12-20(25-23)22(28)26-15-13-19-10-6-7-11-21(19)26/h3-12,14,17H,13,15-16H2,1-2H3. The zero-order chi connectivity index (χ0) is 19.5. The Hall–Kier alpha value is -3.21. The Bertz CT molecular complexity index is 971. The van der Waals surface area contributed by atoms with E-state index in [4.69, 9.17) is 0 Å². The van der Waals surface area contributed by atoms with Crippen molar-refractivity contribution >= 4 is 17.5 Å². The number of hydrogen-bond acceptors (Lipinski definition) is 4. The van der Waals surface area contributed by atoms with Crippen LogP contribution in [0, 0.1) is 0 Å². The quantitative estimate of drug-likeness (QED) is 0.677. The zero-order valence-electron chi connectivity index (χ0n) is 16.2. The van der Waals surface area contributed by atoms with Crippen LogP contribution in [-0.2, 0) is 13.0 Å². The van der Waals surface area contributed by atoms with E-state index in [1.807, 2.05) is 41.3 Å². The molecule has 0 bridgehead atoms. The van der Waals surface area contributed by atoms with Crippen LogP contribution in [0.1, 0.15) is 35.5 Å². The van der Waals surface area contributed by atoms with Crippen molar-refractivity contribution in [2.45, 2.75) is 32.9 Å². The van der Waals surface area contributed by atoms with E-state index in [0.717, 1.165) is 12.1 Å². The summed E-state index contributed by atoms with van der Waals surface area (Å²) < 4.78 is 0. The summed E-state index contributed by atoms with van der Waals surface area (Å²) in [6.45, 7) is 5.60. The molecule has 28 heavy (non-hydrogen) atoms. The summed E-state index contributed by atoms with van der Waals surface area (Å²) in [6.07, 6.45) is 2.56. The summed E-state index contributed by atoms with van der Waals surface area (Å²) in [5.41, 5.74) is 3.81. The maximum absolute atomic E-state index is 13.1. The first-order chi connectivity index (χ1) is 13.6. The van der Waals surface area contributed by atoms with Crippen LogP contribution in [0.3, 0.4) is 0 Å². The number of amides is 1. The number of benzene rings is 2. The van der Waals surface area contributed by atoms with Gasteiger partial charge in [0.05, 0.1) is 0 Å². The highest BCUT2D eigenvalue weighted by Crippen LogP contribution is 2.28. The number of rotatable bonds is 5. The SMILES string of the molecule is CC(C)N(Cc1ccccc1)c1nccc(C(=O)N2CCc3ccccc32)n1. The Morgan fingerprint density at radius 1 is 1.07 bits per heavy atom. The highest BCUT2D eigenvalue weighted by molar-refractivity contribution is 6.06. The average molecular weight is 372 g/mol. The molecular weight excluding hydrogens is 348 g/mol. The molecule has 0 N–H and O–H groups in total. The van der Waals surface area contributed by atoms with Crippen LogP contribution in [-0.4, -0.2) is 28.5 Å². The molecule has 0 aliphatic carbocycles. The van der Waals surface area contributed by atoms with Gasteiger partial charge in [-0.3, -0.25) is 4.79 Å². The van der Waals surface area contributed by atoms with E-state index in [1.54, 1.807) is 12.3 Å². The molecule has 1 aliphatic heterocycles. The summed E-state index contributed by atoms with van der Waals surface area (Å²) in [4.78, 5) is 26.1. The third-order valence-corrected chi connectivity index (χ3v) is 5.07. The molecule has 0 saturated heterocycles. The van der Waals surface area contributed by atoms with Crippen molar-refractivity contribution in [2.24, 2.45) is 0 Å². The van der Waals surface area contributed by atoms with Crippen LogP contribution in [0.2, 0.25) is 0 Å². The summed E-state index contributed by atoms with van der Waals surface area (Å²) >= 11 is 0. The molecule has 5 nitrogen and oxygen atoms in total. The van der Waals surface area contributed by atoms with Gasteiger partial charge < -0.3 is 9.80 Å². The van der Waals surface area contributed by atoms with Crippen LogP contribution in [0.15, 0.2) is 66.9 Å². The van der Waals surface area contributed by atoms with Crippen LogP contribution in [0.25, 0.3) is 0 Å². The third-order valence-electron chi connectivity index (χ3n) is 5.07. The summed E-state index contributed by atoms with van der Waals surface area (Å²) in [6, 6.07) is 20.2. The van der Waals surface area contributed by atoms with Gasteiger partial charge in [0.15, 0.2) is 0 Å². The van der Waals surface area contributed by atoms with Crippen molar-refractivity contribution < 1.29 is 4.79 Å². The minimum atomic E-state index is -0.0722. The second-order valence-corrected chi connectivity index (χ2v) is 7.28. The van der Waals surface area contributed by atoms with Crippen molar-refractivity contribution in [2.75, 3.05) is 16.3 Å². The molecule has 0 unspecified atom stereocenters. The number of anilines is 2. The van der Waals surface area contributed by atoms with Gasteiger partial charge in [-0.05, 0) is 43.5 Å². The topological polar surface area (TPSA) is 49.3 Å². The number of aromatic nitrogens is 2. The second-order valence-electron chi connectivity index (χ2n) is 7.28. The van der Waals surface area contributed by atoms with Gasteiger partial charge in [0, 0.05) is 31.0 Å². The highest BCUT2D eigenvalue weighted by Gasteiger charge is 2.26. The van der Waals surface area contributed by atoms with Crippen molar-refractivity contribution in [1.29, 1.82) is 0 Å². The number of hydrogen-bond donors (Lipinski definition) is 0. The van der Waals surface area contributed by atoms with Crippen LogP contribution in [0.4, 0.5) is 11.6 Å². The molecular formula is C23H24N4O. The number of para-hydroxylation sites is 1. The number of nitrogens with zero attached hydrogens (tertiary/aromatic N) is 4. The van der Waals surface area contributed by atoms with Crippen LogP contribution in [0.5, 0.6) is 0 Å². The van der Waals surface area contributed by atoms with Gasteiger partial charge in [-0.15, -0.1) is 0 Å². The fraction of sp³-hybridized carbons (Fsp3) is 0.261. The summed E-state index contributed by atoms with van der Waals surface area (Å²) in [5, 5.41) is 0. The van der Waals surface area contributed by atoms with Crippen molar-refractivity contribution in [3.63, 3.8) is 0 Å². The molecule has 1 aliphatic rings. The van der Waals surface area contributed by atoms with Gasteiger partial charge in [-0.2, -0.15) is 0 Å². The minimum absolute atomic E-state index is 0.0722. The van der Waals surface area contributed by atoms with Crippen molar-refractivity contribution in [3.05, 3.63) is 83.7 Å². The fourth-order valence-corrected chi connectivity index (χ4v) is 3.56. The van der Waals surface area contributed by atoms with Crippen LogP contribution < -0.4 is 9.80 Å². The molecule has 0 saturated carbocycles. The zero-order valence-corrected chi connectivity index (χ0v) is 16.2. The predicted octanol–water partition coefficient (Wildman–Crippen LogP) is 4.09. The van der Waals surface area contributed by atoms with E-state index in [1.165, 1.54) is 11.1 Å². The maximum Gasteiger partial charge on any atom is 0.277 e. The number of carbonyl (C=O) groups excluding carboxylic acids is 1. The van der Waals surface area contributed by atoms with Crippen molar-refractivity contribution in [1.82, 2.24) is 9.97 Å². The van der Waals surface area contributed by atoms with E-state index in [2.05, 4.69) is 46.9 Å². The van der Waals surface area contributed by atoms with Gasteiger partial charge >= 0.3 is 0 Å². The molecule has 0 atom stereocenters. The average Bonchev–Trinajstić information content (AvgIpc) is 3.16. The van der Waals surface area contributed by atoms with Gasteiger partial charge in [0.2, 0.25) is 5.95 Å². The van der Waals surface area contributed by atoms with E-state index in [9.17, 15) is 4.79 Å². The molecule has 0 radical (unpaired) electrons. The molecule has 3 aromatic rings. The lowest BCUT2D eigenvalue weighted by Crippen LogP contribution is -2.33. The molecule has 1 aromatic heterocycles. The smallest absolute Gasteiger partial charge is 0.277 e. The van der Waals surface area contributed by atoms with E-state index in [0.29, 0.717) is 24.7 Å². The van der Waals surface area contributed by atoms with Gasteiger partial charge in [-0.25, -0.2) is 9.97 Å². The Balaban J connectivity index is 1.61. The predicted molar refractivity (Wildman–Crippen MR) is 112 cm³/mol. The first-order valence-electron chi connectivity index (χ1n) is 9.67. The Morgan fingerprint density at radius 2 is 1.82 bits per heavy atom.